The van der Waals surface area contributed by atoms with Crippen LogP contribution in [0.3, 0.4) is 0 Å². The number of nitrogens with two attached hydrogens (primary N) is 1. The van der Waals surface area contributed by atoms with Crippen LogP contribution in [-0.2, 0) is 0 Å². The van der Waals surface area contributed by atoms with Gasteiger partial charge in [-0.1, -0.05) is 47.5 Å². The number of rotatable bonds is 5. The average molecular weight is 716 g/mol. The number of carbonyl (C=O) groups is 2. The van der Waals surface area contributed by atoms with Crippen molar-refractivity contribution in [3.63, 3.8) is 0 Å². The Morgan fingerprint density at radius 3 is 1.82 bits per heavy atom. The first kappa shape index (κ1) is 32.9. The van der Waals surface area contributed by atoms with Crippen LogP contribution in [0.4, 0.5) is 18.9 Å². The second kappa shape index (κ2) is 11.8. The third-order valence-electron chi connectivity index (χ3n) is 9.43. The normalized spacial score (nSPS) is 21.2. The fourth-order valence-electron chi connectivity index (χ4n) is 6.67. The summed E-state index contributed by atoms with van der Waals surface area (Å²) in [6, 6.07) is 1.82. The molecule has 10 nitrogen and oxygen atoms in total. The van der Waals surface area contributed by atoms with E-state index in [2.05, 4.69) is 0 Å². The van der Waals surface area contributed by atoms with Crippen molar-refractivity contribution in [2.75, 3.05) is 18.0 Å². The van der Waals surface area contributed by atoms with Gasteiger partial charge in [0.2, 0.25) is 10.9 Å². The molecule has 0 unspecified atom stereocenters. The smallest absolute Gasteiger partial charge is 0.341 e. The molecule has 1 saturated heterocycles. The van der Waals surface area contributed by atoms with Crippen LogP contribution in [0.15, 0.2) is 58.4 Å². The third-order valence-corrected chi connectivity index (χ3v) is 10.1. The number of hydrogen-bond donors (Lipinski definition) is 3. The molecule has 2 saturated carbocycles. The minimum Gasteiger partial charge on any atom is -0.477 e. The summed E-state index contributed by atoms with van der Waals surface area (Å²) in [5, 5.41) is 17.8. The van der Waals surface area contributed by atoms with Crippen molar-refractivity contribution < 1.29 is 33.0 Å². The number of anilines is 1. The van der Waals surface area contributed by atoms with Gasteiger partial charge >= 0.3 is 11.9 Å². The van der Waals surface area contributed by atoms with Gasteiger partial charge in [0.05, 0.1) is 38.1 Å². The molecule has 4 aliphatic rings. The summed E-state index contributed by atoms with van der Waals surface area (Å²) in [7, 11) is 0. The molecule has 254 valence electrons. The summed E-state index contributed by atoms with van der Waals surface area (Å²) in [4.78, 5) is 49.1. The minimum atomic E-state index is -1.41. The van der Waals surface area contributed by atoms with Gasteiger partial charge in [-0.05, 0) is 37.8 Å². The maximum absolute atomic E-state index is 15.2. The fraction of sp³-hybridized carbons (Fsp3) is 0.294. The highest BCUT2D eigenvalue weighted by atomic mass is 35.5. The van der Waals surface area contributed by atoms with Crippen LogP contribution >= 0.6 is 23.2 Å². The van der Waals surface area contributed by atoms with Crippen molar-refractivity contribution in [3.05, 3.63) is 108 Å². The Balaban J connectivity index is 0.000000166. The molecule has 3 aliphatic carbocycles. The van der Waals surface area contributed by atoms with Gasteiger partial charge in [0.15, 0.2) is 11.6 Å². The Kier molecular flexibility index (Phi) is 7.92. The first-order valence-electron chi connectivity index (χ1n) is 15.4. The number of halogens is 5. The minimum absolute atomic E-state index is 0.0121. The van der Waals surface area contributed by atoms with E-state index in [1.165, 1.54) is 10.8 Å². The van der Waals surface area contributed by atoms with Gasteiger partial charge in [-0.15, -0.1) is 0 Å². The molecule has 1 aliphatic heterocycles. The molecule has 4 N–H and O–H groups in total. The summed E-state index contributed by atoms with van der Waals surface area (Å²) in [6.45, 7) is 0.891. The standard InChI is InChI=1S/C21H19ClFN3O3.C13H8ClF2NO3/c22-16-17-13(19(27)14(20(28)29)9-26(17)12-4-5-12)7-15(23)18(16)25-8-11-3-1-2-6-21(11,24)10-25;14-9-10(16)8(15)3-6-11(9)17(5-1-2-5)4-7(12(6)18)13(19)20/h1-3,6-7,9,11-12H,4-5,8,10,24H2,(H,28,29);3-5H,1-2H2,(H,19,20)/t11-,21-;/m1./s1. The van der Waals surface area contributed by atoms with Gasteiger partial charge in [0, 0.05) is 43.5 Å². The van der Waals surface area contributed by atoms with Gasteiger partial charge in [-0.3, -0.25) is 9.59 Å². The molecule has 0 radical (unpaired) electrons. The number of fused-ring (bicyclic) bond motifs is 3. The van der Waals surface area contributed by atoms with Crippen LogP contribution in [-0.4, -0.2) is 49.9 Å². The molecule has 2 atom stereocenters. The number of benzene rings is 2. The highest BCUT2D eigenvalue weighted by molar-refractivity contribution is 6.38. The number of aromatic nitrogens is 2. The molecular weight excluding hydrogens is 688 g/mol. The Hall–Kier alpha value is -4.59. The van der Waals surface area contributed by atoms with Crippen molar-refractivity contribution in [1.82, 2.24) is 9.13 Å². The Labute approximate surface area is 285 Å². The molecular formula is C34H27Cl2F3N4O6. The summed E-state index contributed by atoms with van der Waals surface area (Å²) in [5.41, 5.74) is 4.07. The lowest BCUT2D eigenvalue weighted by Gasteiger charge is -2.27. The maximum Gasteiger partial charge on any atom is 0.341 e. The molecule has 2 aromatic heterocycles. The molecule has 3 heterocycles. The van der Waals surface area contributed by atoms with E-state index in [1.807, 2.05) is 29.2 Å². The van der Waals surface area contributed by atoms with Gasteiger partial charge in [-0.2, -0.15) is 0 Å². The number of allylic oxidation sites excluding steroid dienone is 2. The van der Waals surface area contributed by atoms with Crippen molar-refractivity contribution >= 4 is 62.6 Å². The van der Waals surface area contributed by atoms with E-state index in [9.17, 15) is 33.1 Å². The van der Waals surface area contributed by atoms with Gasteiger partial charge in [0.25, 0.3) is 0 Å². The van der Waals surface area contributed by atoms with E-state index >= 15 is 4.39 Å². The Bertz CT molecular complexity index is 2310. The lowest BCUT2D eigenvalue weighted by atomic mass is 9.85. The second-order valence-electron chi connectivity index (χ2n) is 12.8. The van der Waals surface area contributed by atoms with Crippen LogP contribution in [0.1, 0.15) is 58.5 Å². The molecule has 8 rings (SSSR count). The number of carboxylic acids is 2. The Morgan fingerprint density at radius 1 is 0.816 bits per heavy atom. The predicted molar refractivity (Wildman–Crippen MR) is 178 cm³/mol. The van der Waals surface area contributed by atoms with Crippen molar-refractivity contribution in [2.24, 2.45) is 11.7 Å². The molecule has 15 heteroatoms. The monoisotopic (exact) mass is 714 g/mol. The second-order valence-corrected chi connectivity index (χ2v) is 13.5. The van der Waals surface area contributed by atoms with Crippen LogP contribution in [0.5, 0.6) is 0 Å². The molecule has 2 aromatic carbocycles. The van der Waals surface area contributed by atoms with Gasteiger partial charge in [-0.25, -0.2) is 22.8 Å². The Morgan fingerprint density at radius 2 is 1.33 bits per heavy atom. The van der Waals surface area contributed by atoms with Crippen molar-refractivity contribution in [3.8, 4) is 0 Å². The van der Waals surface area contributed by atoms with Crippen LogP contribution in [0.25, 0.3) is 21.8 Å². The van der Waals surface area contributed by atoms with Crippen LogP contribution in [0.2, 0.25) is 10.0 Å². The van der Waals surface area contributed by atoms with E-state index in [0.29, 0.717) is 24.7 Å². The molecule has 49 heavy (non-hydrogen) atoms. The molecule has 3 fully saturated rings. The average Bonchev–Trinajstić information content (AvgIpc) is 3.98. The van der Waals surface area contributed by atoms with E-state index in [-0.39, 0.29) is 50.6 Å². The SMILES string of the molecule is N[C@@]12C=CC=C[C@@H]1CN(c1c(F)cc3c(=O)c(C(=O)O)cn(C4CC4)c3c1Cl)C2.O=C(O)c1cn(C2CC2)c2c(Cl)c(F)c(F)cc2c1=O. The van der Waals surface area contributed by atoms with E-state index in [1.54, 1.807) is 4.57 Å². The topological polar surface area (TPSA) is 148 Å². The number of nitrogens with zero attached hydrogens (tertiary/aromatic N) is 3. The third kappa shape index (κ3) is 5.49. The van der Waals surface area contributed by atoms with Gasteiger partial charge < -0.3 is 30.0 Å². The zero-order valence-corrected chi connectivity index (χ0v) is 26.9. The predicted octanol–water partition coefficient (Wildman–Crippen LogP) is 6.05. The fourth-order valence-corrected chi connectivity index (χ4v) is 7.36. The zero-order chi connectivity index (χ0) is 35.1. The summed E-state index contributed by atoms with van der Waals surface area (Å²) in [6.07, 6.45) is 13.5. The quantitative estimate of drug-likeness (QED) is 0.212. The van der Waals surface area contributed by atoms with Crippen molar-refractivity contribution in [1.29, 1.82) is 0 Å². The van der Waals surface area contributed by atoms with Crippen molar-refractivity contribution in [2.45, 2.75) is 43.3 Å². The zero-order valence-electron chi connectivity index (χ0n) is 25.4. The number of aromatic carboxylic acids is 2. The molecule has 4 aromatic rings. The van der Waals surface area contributed by atoms with Crippen LogP contribution in [0, 0.1) is 23.4 Å². The number of carboxylic acid groups (broad SMARTS) is 2. The molecule has 0 bridgehead atoms. The number of pyridine rings is 2. The lowest BCUT2D eigenvalue weighted by molar-refractivity contribution is 0.0684. The van der Waals surface area contributed by atoms with Crippen LogP contribution < -0.4 is 21.5 Å². The highest BCUT2D eigenvalue weighted by Crippen LogP contribution is 2.44. The largest absolute Gasteiger partial charge is 0.477 e. The number of hydrogen-bond acceptors (Lipinski definition) is 6. The van der Waals surface area contributed by atoms with E-state index in [0.717, 1.165) is 37.9 Å². The summed E-state index contributed by atoms with van der Waals surface area (Å²) < 4.78 is 45.4. The van der Waals surface area contributed by atoms with E-state index in [4.69, 9.17) is 34.0 Å². The lowest BCUT2D eigenvalue weighted by Crippen LogP contribution is -2.46. The summed E-state index contributed by atoms with van der Waals surface area (Å²) >= 11 is 12.5. The first-order chi connectivity index (χ1) is 23.2. The molecule has 0 amide bonds. The first-order valence-corrected chi connectivity index (χ1v) is 16.1. The van der Waals surface area contributed by atoms with Gasteiger partial charge in [0.1, 0.15) is 22.0 Å². The summed E-state index contributed by atoms with van der Waals surface area (Å²) in [5.74, 6) is -5.88. The maximum atomic E-state index is 15.2. The molecule has 0 spiro atoms. The van der Waals surface area contributed by atoms with E-state index < -0.39 is 56.4 Å². The highest BCUT2D eigenvalue weighted by Gasteiger charge is 2.43.